The molecule has 6 heteroatoms. The molecule has 1 aliphatic rings. The number of likely N-dealkylation sites (tertiary alicyclic amines) is 1. The molecule has 1 atom stereocenters. The molecule has 1 unspecified atom stereocenters. The minimum atomic E-state index is -0.207. The van der Waals surface area contributed by atoms with Gasteiger partial charge in [-0.05, 0) is 68.8 Å². The van der Waals surface area contributed by atoms with E-state index >= 15 is 0 Å². The van der Waals surface area contributed by atoms with Gasteiger partial charge in [0.1, 0.15) is 11.3 Å². The van der Waals surface area contributed by atoms with Gasteiger partial charge in [0, 0.05) is 22.5 Å². The van der Waals surface area contributed by atoms with Crippen LogP contribution in [0.3, 0.4) is 0 Å². The average Bonchev–Trinajstić information content (AvgIpc) is 3.37. The molecule has 3 aromatic rings. The number of benzene rings is 2. The number of hydrogen-bond acceptors (Lipinski definition) is 4. The number of rotatable bonds is 6. The molecule has 2 heterocycles. The third-order valence-electron chi connectivity index (χ3n) is 5.62. The highest BCUT2D eigenvalue weighted by Gasteiger charge is 2.26. The van der Waals surface area contributed by atoms with Crippen molar-refractivity contribution in [1.29, 1.82) is 0 Å². The van der Waals surface area contributed by atoms with Crippen molar-refractivity contribution in [1.82, 2.24) is 10.2 Å². The number of aryl methyl sites for hydroxylation is 1. The fourth-order valence-electron chi connectivity index (χ4n) is 4.04. The highest BCUT2D eigenvalue weighted by molar-refractivity contribution is 6.31. The normalized spacial score (nSPS) is 15.6. The van der Waals surface area contributed by atoms with E-state index in [4.69, 9.17) is 20.8 Å². The summed E-state index contributed by atoms with van der Waals surface area (Å²) in [5.74, 6) is 0.957. The lowest BCUT2D eigenvalue weighted by Crippen LogP contribution is -2.36. The summed E-state index contributed by atoms with van der Waals surface area (Å²) in [4.78, 5) is 15.3. The van der Waals surface area contributed by atoms with Crippen LogP contribution in [0, 0.1) is 6.92 Å². The number of fused-ring (bicyclic) bond motifs is 1. The van der Waals surface area contributed by atoms with Gasteiger partial charge in [0.15, 0.2) is 5.76 Å². The molecule has 1 amide bonds. The Morgan fingerprint density at radius 1 is 1.24 bits per heavy atom. The summed E-state index contributed by atoms with van der Waals surface area (Å²) in [7, 11) is 1.67. The molecular weight excluding hydrogens is 388 g/mol. The van der Waals surface area contributed by atoms with Crippen LogP contribution in [0.1, 0.15) is 40.6 Å². The molecule has 5 nitrogen and oxygen atoms in total. The molecule has 0 spiro atoms. The molecule has 0 saturated carbocycles. The van der Waals surface area contributed by atoms with Crippen molar-refractivity contribution in [2.24, 2.45) is 0 Å². The van der Waals surface area contributed by atoms with Crippen LogP contribution in [0.4, 0.5) is 0 Å². The van der Waals surface area contributed by atoms with Gasteiger partial charge in [-0.2, -0.15) is 0 Å². The molecule has 2 aromatic carbocycles. The van der Waals surface area contributed by atoms with Crippen LogP contribution in [0.5, 0.6) is 5.75 Å². The van der Waals surface area contributed by atoms with E-state index in [-0.39, 0.29) is 11.9 Å². The smallest absolute Gasteiger partial charge is 0.287 e. The van der Waals surface area contributed by atoms with Crippen LogP contribution >= 0.6 is 11.6 Å². The fourth-order valence-corrected chi connectivity index (χ4v) is 4.21. The van der Waals surface area contributed by atoms with Crippen LogP contribution in [0.15, 0.2) is 46.9 Å². The van der Waals surface area contributed by atoms with Crippen molar-refractivity contribution in [3.63, 3.8) is 0 Å². The zero-order chi connectivity index (χ0) is 20.4. The van der Waals surface area contributed by atoms with E-state index in [0.29, 0.717) is 22.9 Å². The summed E-state index contributed by atoms with van der Waals surface area (Å²) < 4.78 is 11.2. The SMILES string of the molecule is COc1cccc(C(CNC(=O)c2oc3ccc(Cl)cc3c2C)N2CCCC2)c1. The summed E-state index contributed by atoms with van der Waals surface area (Å²) in [6.07, 6.45) is 2.36. The molecular formula is C23H25ClN2O3. The van der Waals surface area contributed by atoms with Gasteiger partial charge >= 0.3 is 0 Å². The van der Waals surface area contributed by atoms with E-state index in [1.54, 1.807) is 19.2 Å². The predicted molar refractivity (Wildman–Crippen MR) is 115 cm³/mol. The first-order chi connectivity index (χ1) is 14.1. The Hall–Kier alpha value is -2.50. The first-order valence-electron chi connectivity index (χ1n) is 9.91. The summed E-state index contributed by atoms with van der Waals surface area (Å²) in [5.41, 5.74) is 2.61. The van der Waals surface area contributed by atoms with Gasteiger partial charge < -0.3 is 14.5 Å². The number of nitrogens with one attached hydrogen (secondary N) is 1. The Labute approximate surface area is 175 Å². The Morgan fingerprint density at radius 2 is 2.03 bits per heavy atom. The second kappa shape index (κ2) is 8.47. The van der Waals surface area contributed by atoms with Crippen molar-refractivity contribution < 1.29 is 13.9 Å². The zero-order valence-electron chi connectivity index (χ0n) is 16.7. The Kier molecular flexibility index (Phi) is 5.79. The van der Waals surface area contributed by atoms with Crippen molar-refractivity contribution in [2.75, 3.05) is 26.7 Å². The van der Waals surface area contributed by atoms with Gasteiger partial charge in [0.2, 0.25) is 0 Å². The molecule has 4 rings (SSSR count). The lowest BCUT2D eigenvalue weighted by molar-refractivity contribution is 0.0911. The maximum atomic E-state index is 12.9. The van der Waals surface area contributed by atoms with E-state index in [1.165, 1.54) is 12.8 Å². The van der Waals surface area contributed by atoms with Crippen LogP contribution in [-0.4, -0.2) is 37.6 Å². The standard InChI is InChI=1S/C23H25ClN2O3/c1-15-19-13-17(24)8-9-21(19)29-22(15)23(27)25-14-20(26-10-3-4-11-26)16-6-5-7-18(12-16)28-2/h5-9,12-13,20H,3-4,10-11,14H2,1-2H3,(H,25,27). The number of nitrogens with zero attached hydrogens (tertiary/aromatic N) is 1. The third-order valence-corrected chi connectivity index (χ3v) is 5.86. The minimum Gasteiger partial charge on any atom is -0.497 e. The molecule has 1 N–H and O–H groups in total. The summed E-state index contributed by atoms with van der Waals surface area (Å²) in [5, 5.41) is 4.57. The molecule has 1 aromatic heterocycles. The summed E-state index contributed by atoms with van der Waals surface area (Å²) >= 11 is 6.09. The largest absolute Gasteiger partial charge is 0.497 e. The van der Waals surface area contributed by atoms with Gasteiger partial charge in [-0.3, -0.25) is 9.69 Å². The second-order valence-electron chi connectivity index (χ2n) is 7.44. The van der Waals surface area contributed by atoms with Gasteiger partial charge in [-0.1, -0.05) is 23.7 Å². The first-order valence-corrected chi connectivity index (χ1v) is 10.3. The van der Waals surface area contributed by atoms with E-state index in [9.17, 15) is 4.79 Å². The Balaban J connectivity index is 1.55. The predicted octanol–water partition coefficient (Wildman–Crippen LogP) is 4.97. The monoisotopic (exact) mass is 412 g/mol. The Morgan fingerprint density at radius 3 is 2.79 bits per heavy atom. The molecule has 29 heavy (non-hydrogen) atoms. The molecule has 152 valence electrons. The number of carbonyl (C=O) groups is 1. The van der Waals surface area contributed by atoms with Crippen molar-refractivity contribution >= 4 is 28.5 Å². The number of methoxy groups -OCH3 is 1. The number of halogens is 1. The van der Waals surface area contributed by atoms with E-state index < -0.39 is 0 Å². The Bertz CT molecular complexity index is 1020. The maximum absolute atomic E-state index is 12.9. The maximum Gasteiger partial charge on any atom is 0.287 e. The topological polar surface area (TPSA) is 54.7 Å². The van der Waals surface area contributed by atoms with E-state index in [1.807, 2.05) is 31.2 Å². The van der Waals surface area contributed by atoms with Crippen LogP contribution < -0.4 is 10.1 Å². The van der Waals surface area contributed by atoms with Crippen LogP contribution in [0.25, 0.3) is 11.0 Å². The van der Waals surface area contributed by atoms with Crippen molar-refractivity contribution in [2.45, 2.75) is 25.8 Å². The third kappa shape index (κ3) is 4.11. The second-order valence-corrected chi connectivity index (χ2v) is 7.88. The lowest BCUT2D eigenvalue weighted by Gasteiger charge is -2.28. The van der Waals surface area contributed by atoms with E-state index in [2.05, 4.69) is 16.3 Å². The van der Waals surface area contributed by atoms with E-state index in [0.717, 1.165) is 35.4 Å². The average molecular weight is 413 g/mol. The van der Waals surface area contributed by atoms with Gasteiger partial charge in [-0.15, -0.1) is 0 Å². The quantitative estimate of drug-likeness (QED) is 0.621. The molecule has 1 aliphatic heterocycles. The van der Waals surface area contributed by atoms with Gasteiger partial charge in [-0.25, -0.2) is 0 Å². The van der Waals surface area contributed by atoms with Crippen molar-refractivity contribution in [3.05, 3.63) is 64.4 Å². The van der Waals surface area contributed by atoms with Crippen molar-refractivity contribution in [3.8, 4) is 5.75 Å². The zero-order valence-corrected chi connectivity index (χ0v) is 17.5. The number of carbonyl (C=O) groups excluding carboxylic acids is 1. The summed E-state index contributed by atoms with van der Waals surface area (Å²) in [6, 6.07) is 13.5. The highest BCUT2D eigenvalue weighted by Crippen LogP contribution is 2.29. The highest BCUT2D eigenvalue weighted by atomic mass is 35.5. The minimum absolute atomic E-state index is 0.0932. The number of amides is 1. The molecule has 0 radical (unpaired) electrons. The molecule has 0 bridgehead atoms. The summed E-state index contributed by atoms with van der Waals surface area (Å²) in [6.45, 7) is 4.44. The van der Waals surface area contributed by atoms with Crippen LogP contribution in [0.2, 0.25) is 5.02 Å². The lowest BCUT2D eigenvalue weighted by atomic mass is 10.0. The fraction of sp³-hybridized carbons (Fsp3) is 0.348. The molecule has 1 fully saturated rings. The van der Waals surface area contributed by atoms with Gasteiger partial charge in [0.25, 0.3) is 5.91 Å². The molecule has 1 saturated heterocycles. The molecule has 0 aliphatic carbocycles. The first kappa shape index (κ1) is 19.8. The number of furan rings is 1. The van der Waals surface area contributed by atoms with Crippen LogP contribution in [-0.2, 0) is 0 Å². The van der Waals surface area contributed by atoms with Gasteiger partial charge in [0.05, 0.1) is 13.2 Å². The number of hydrogen-bond donors (Lipinski definition) is 1. The number of ether oxygens (including phenoxy) is 1.